The fourth-order valence-electron chi connectivity index (χ4n) is 4.25. The molecule has 0 aliphatic carbocycles. The van der Waals surface area contributed by atoms with Crippen LogP contribution in [0.25, 0.3) is 22.4 Å². The Morgan fingerprint density at radius 3 is 2.94 bits per heavy atom. The summed E-state index contributed by atoms with van der Waals surface area (Å²) in [7, 11) is 0. The first-order valence-electron chi connectivity index (χ1n) is 10.8. The van der Waals surface area contributed by atoms with E-state index in [-0.39, 0.29) is 19.0 Å². The number of halogens is 1. The number of nitrogens with one attached hydrogen (secondary N) is 2. The van der Waals surface area contributed by atoms with Crippen molar-refractivity contribution >= 4 is 23.1 Å². The van der Waals surface area contributed by atoms with Crippen LogP contribution in [0, 0.1) is 5.82 Å². The van der Waals surface area contributed by atoms with Crippen LogP contribution in [0.2, 0.25) is 0 Å². The van der Waals surface area contributed by atoms with Gasteiger partial charge in [-0.1, -0.05) is 0 Å². The Morgan fingerprint density at radius 1 is 1.09 bits per heavy atom. The standard InChI is InChI=1S/C22H20FN9O2/c23-17-2-3-18-13(5-8-34-18)15(17)9-25-22-26-10-16(21-30-28-12-31(21)22)14-1-4-19(24-6-7-33)32-20(14)27-11-29-32/h1-4,10-12,24,33H,5-9H2,(H,25,26). The van der Waals surface area contributed by atoms with Crippen LogP contribution in [0.3, 0.4) is 0 Å². The molecule has 0 saturated heterocycles. The van der Waals surface area contributed by atoms with Crippen molar-refractivity contribution in [3.63, 3.8) is 0 Å². The molecular formula is C22H20FN9O2. The van der Waals surface area contributed by atoms with Crippen molar-refractivity contribution in [2.24, 2.45) is 0 Å². The lowest BCUT2D eigenvalue weighted by Gasteiger charge is -2.13. The third-order valence-electron chi connectivity index (χ3n) is 5.83. The molecule has 0 unspecified atom stereocenters. The molecule has 3 N–H and O–H groups in total. The molecule has 0 amide bonds. The Kier molecular flexibility index (Phi) is 4.91. The number of anilines is 2. The van der Waals surface area contributed by atoms with E-state index < -0.39 is 0 Å². The maximum Gasteiger partial charge on any atom is 0.210 e. The summed E-state index contributed by atoms with van der Waals surface area (Å²) in [6.07, 6.45) is 5.38. The fourth-order valence-corrected chi connectivity index (χ4v) is 4.25. The van der Waals surface area contributed by atoms with Gasteiger partial charge < -0.3 is 20.5 Å². The van der Waals surface area contributed by atoms with E-state index in [9.17, 15) is 4.39 Å². The highest BCUT2D eigenvalue weighted by molar-refractivity contribution is 5.86. The van der Waals surface area contributed by atoms with E-state index in [1.54, 1.807) is 27.5 Å². The molecular weight excluding hydrogens is 441 g/mol. The van der Waals surface area contributed by atoms with Gasteiger partial charge in [0.25, 0.3) is 0 Å². The SMILES string of the molecule is OCCNc1ccc(-c2cnc(NCc3c(F)ccc4c3CCO4)n3cnnc23)c2ncnn12. The minimum Gasteiger partial charge on any atom is -0.493 e. The Labute approximate surface area is 192 Å². The lowest BCUT2D eigenvalue weighted by Crippen LogP contribution is -2.11. The third kappa shape index (κ3) is 3.27. The molecule has 12 heteroatoms. The molecule has 11 nitrogen and oxygen atoms in total. The smallest absolute Gasteiger partial charge is 0.210 e. The Bertz CT molecular complexity index is 1510. The summed E-state index contributed by atoms with van der Waals surface area (Å²) in [5.41, 5.74) is 4.12. The normalized spacial score (nSPS) is 12.8. The number of benzene rings is 1. The minimum atomic E-state index is -0.280. The number of rotatable bonds is 7. The number of aliphatic hydroxyl groups is 1. The predicted octanol–water partition coefficient (Wildman–Crippen LogP) is 1.92. The average molecular weight is 461 g/mol. The van der Waals surface area contributed by atoms with Crippen LogP contribution in [0.4, 0.5) is 16.2 Å². The summed E-state index contributed by atoms with van der Waals surface area (Å²) in [5, 5.41) is 28.1. The molecule has 5 aromatic rings. The third-order valence-corrected chi connectivity index (χ3v) is 5.83. The van der Waals surface area contributed by atoms with E-state index in [0.29, 0.717) is 48.2 Å². The van der Waals surface area contributed by atoms with E-state index in [4.69, 9.17) is 9.84 Å². The van der Waals surface area contributed by atoms with Crippen LogP contribution < -0.4 is 15.4 Å². The summed E-state index contributed by atoms with van der Waals surface area (Å²) < 4.78 is 23.5. The molecule has 0 radical (unpaired) electrons. The summed E-state index contributed by atoms with van der Waals surface area (Å²) >= 11 is 0. The topological polar surface area (TPSA) is 127 Å². The van der Waals surface area contributed by atoms with Gasteiger partial charge in [0, 0.05) is 48.0 Å². The Balaban J connectivity index is 1.36. The molecule has 1 aliphatic heterocycles. The second-order valence-electron chi connectivity index (χ2n) is 7.75. The van der Waals surface area contributed by atoms with Gasteiger partial charge in [-0.3, -0.25) is 4.40 Å². The van der Waals surface area contributed by atoms with Crippen LogP contribution in [0.15, 0.2) is 43.1 Å². The van der Waals surface area contributed by atoms with Crippen LogP contribution >= 0.6 is 0 Å². The van der Waals surface area contributed by atoms with E-state index in [1.165, 1.54) is 12.4 Å². The lowest BCUT2D eigenvalue weighted by molar-refractivity contribution is 0.311. The molecule has 0 fully saturated rings. The number of aromatic nitrogens is 7. The van der Waals surface area contributed by atoms with Crippen LogP contribution in [-0.2, 0) is 13.0 Å². The Morgan fingerprint density at radius 2 is 2.03 bits per heavy atom. The van der Waals surface area contributed by atoms with Gasteiger partial charge in [0.1, 0.15) is 30.0 Å². The molecule has 0 bridgehead atoms. The van der Waals surface area contributed by atoms with E-state index in [2.05, 4.69) is 35.9 Å². The molecule has 34 heavy (non-hydrogen) atoms. The summed E-state index contributed by atoms with van der Waals surface area (Å²) in [4.78, 5) is 8.96. The van der Waals surface area contributed by atoms with E-state index in [0.717, 1.165) is 22.4 Å². The molecule has 0 atom stereocenters. The van der Waals surface area contributed by atoms with Gasteiger partial charge in [0.15, 0.2) is 11.3 Å². The van der Waals surface area contributed by atoms with Gasteiger partial charge in [-0.15, -0.1) is 10.2 Å². The molecule has 4 aromatic heterocycles. The summed E-state index contributed by atoms with van der Waals surface area (Å²) in [6.45, 7) is 1.19. The Hall–Kier alpha value is -4.32. The second kappa shape index (κ2) is 8.23. The van der Waals surface area contributed by atoms with Crippen molar-refractivity contribution in [1.82, 2.24) is 34.2 Å². The highest BCUT2D eigenvalue weighted by atomic mass is 19.1. The zero-order valence-corrected chi connectivity index (χ0v) is 17.9. The molecule has 6 rings (SSSR count). The first kappa shape index (κ1) is 20.3. The number of hydrogen-bond acceptors (Lipinski definition) is 9. The second-order valence-corrected chi connectivity index (χ2v) is 7.75. The van der Waals surface area contributed by atoms with Crippen molar-refractivity contribution in [1.29, 1.82) is 0 Å². The molecule has 0 spiro atoms. The van der Waals surface area contributed by atoms with Gasteiger partial charge in [-0.25, -0.2) is 14.4 Å². The van der Waals surface area contributed by atoms with Crippen LogP contribution in [0.5, 0.6) is 5.75 Å². The van der Waals surface area contributed by atoms with Gasteiger partial charge in [-0.2, -0.15) is 9.61 Å². The molecule has 1 aromatic carbocycles. The summed E-state index contributed by atoms with van der Waals surface area (Å²) in [5.74, 6) is 1.64. The molecule has 5 heterocycles. The maximum atomic E-state index is 14.5. The summed E-state index contributed by atoms with van der Waals surface area (Å²) in [6, 6.07) is 6.84. The van der Waals surface area contributed by atoms with Gasteiger partial charge in [0.2, 0.25) is 5.95 Å². The van der Waals surface area contributed by atoms with Crippen molar-refractivity contribution in [2.45, 2.75) is 13.0 Å². The maximum absolute atomic E-state index is 14.5. The number of pyridine rings is 1. The zero-order valence-electron chi connectivity index (χ0n) is 17.9. The lowest BCUT2D eigenvalue weighted by atomic mass is 10.0. The first-order valence-corrected chi connectivity index (χ1v) is 10.8. The zero-order chi connectivity index (χ0) is 23.1. The molecule has 1 aliphatic rings. The van der Waals surface area contributed by atoms with Crippen molar-refractivity contribution in [3.05, 3.63) is 60.1 Å². The van der Waals surface area contributed by atoms with Crippen molar-refractivity contribution in [3.8, 4) is 16.9 Å². The minimum absolute atomic E-state index is 0.000593. The van der Waals surface area contributed by atoms with Crippen molar-refractivity contribution in [2.75, 3.05) is 30.4 Å². The highest BCUT2D eigenvalue weighted by Crippen LogP contribution is 2.32. The predicted molar refractivity (Wildman–Crippen MR) is 121 cm³/mol. The number of aliphatic hydroxyl groups excluding tert-OH is 1. The largest absolute Gasteiger partial charge is 0.493 e. The van der Waals surface area contributed by atoms with Crippen molar-refractivity contribution < 1.29 is 14.2 Å². The fraction of sp³-hybridized carbons (Fsp3) is 0.227. The van der Waals surface area contributed by atoms with Gasteiger partial charge in [-0.05, 0) is 24.3 Å². The monoisotopic (exact) mass is 461 g/mol. The highest BCUT2D eigenvalue weighted by Gasteiger charge is 2.20. The number of nitrogens with zero attached hydrogens (tertiary/aromatic N) is 7. The van der Waals surface area contributed by atoms with Crippen LogP contribution in [0.1, 0.15) is 11.1 Å². The number of ether oxygens (including phenoxy) is 1. The molecule has 172 valence electrons. The van der Waals surface area contributed by atoms with Crippen LogP contribution in [-0.4, -0.2) is 59.0 Å². The van der Waals surface area contributed by atoms with Gasteiger partial charge in [0.05, 0.1) is 13.2 Å². The van der Waals surface area contributed by atoms with Gasteiger partial charge >= 0.3 is 0 Å². The molecule has 0 saturated carbocycles. The number of fused-ring (bicyclic) bond motifs is 3. The average Bonchev–Trinajstić information content (AvgIpc) is 3.62. The number of hydrogen-bond donors (Lipinski definition) is 3. The quantitative estimate of drug-likeness (QED) is 0.333. The van der Waals surface area contributed by atoms with E-state index >= 15 is 0 Å². The first-order chi connectivity index (χ1) is 16.7. The van der Waals surface area contributed by atoms with E-state index in [1.807, 2.05) is 12.1 Å².